The van der Waals surface area contributed by atoms with E-state index in [2.05, 4.69) is 31.9 Å². The van der Waals surface area contributed by atoms with Crippen molar-refractivity contribution in [1.82, 2.24) is 29.6 Å². The van der Waals surface area contributed by atoms with Gasteiger partial charge in [-0.2, -0.15) is 15.1 Å². The number of fused-ring (bicyclic) bond motifs is 1. The number of amides is 1. The summed E-state index contributed by atoms with van der Waals surface area (Å²) in [5.41, 5.74) is 1.29. The van der Waals surface area contributed by atoms with E-state index >= 15 is 0 Å². The molecule has 4 rings (SSSR count). The van der Waals surface area contributed by atoms with Crippen LogP contribution >= 0.6 is 0 Å². The Hall–Kier alpha value is -3.43. The highest BCUT2D eigenvalue weighted by atomic mass is 19.1. The van der Waals surface area contributed by atoms with E-state index in [0.717, 1.165) is 12.2 Å². The Morgan fingerprint density at radius 2 is 2.36 bits per heavy atom. The number of carbonyl (C=O) groups is 1. The Balaban J connectivity index is 1.58. The molecule has 2 N–H and O–H groups in total. The molecule has 1 aliphatic rings. The lowest BCUT2D eigenvalue weighted by atomic mass is 10.3. The minimum absolute atomic E-state index is 0.0296. The summed E-state index contributed by atoms with van der Waals surface area (Å²) in [4.78, 5) is 24.9. The van der Waals surface area contributed by atoms with Gasteiger partial charge in [-0.25, -0.2) is 4.39 Å². The van der Waals surface area contributed by atoms with E-state index in [-0.39, 0.29) is 24.9 Å². The molecule has 3 aromatic heterocycles. The number of H-pyrrole nitrogens is 1. The Morgan fingerprint density at radius 3 is 3.11 bits per heavy atom. The summed E-state index contributed by atoms with van der Waals surface area (Å²) < 4.78 is 22.0. The molecule has 10 heteroatoms. The van der Waals surface area contributed by atoms with Crippen molar-refractivity contribution in [3.05, 3.63) is 37.3 Å². The van der Waals surface area contributed by atoms with Crippen LogP contribution in [0.5, 0.6) is 5.88 Å². The zero-order valence-corrected chi connectivity index (χ0v) is 15.3. The van der Waals surface area contributed by atoms with E-state index in [0.29, 0.717) is 17.0 Å². The first-order chi connectivity index (χ1) is 13.6. The predicted molar refractivity (Wildman–Crippen MR) is 101 cm³/mol. The summed E-state index contributed by atoms with van der Waals surface area (Å²) in [6, 6.07) is 1.76. The van der Waals surface area contributed by atoms with Crippen LogP contribution in [0.25, 0.3) is 11.0 Å². The maximum absolute atomic E-state index is 14.4. The number of halogens is 1. The maximum atomic E-state index is 14.4. The Bertz CT molecular complexity index is 1010. The number of nitrogens with one attached hydrogen (secondary N) is 2. The van der Waals surface area contributed by atoms with Gasteiger partial charge in [-0.05, 0) is 19.1 Å². The third-order valence-corrected chi connectivity index (χ3v) is 4.54. The van der Waals surface area contributed by atoms with Gasteiger partial charge in [0.1, 0.15) is 5.65 Å². The molecule has 2 atom stereocenters. The van der Waals surface area contributed by atoms with Gasteiger partial charge in [-0.15, -0.1) is 0 Å². The molecule has 146 valence electrons. The summed E-state index contributed by atoms with van der Waals surface area (Å²) in [7, 11) is 0. The molecule has 9 nitrogen and oxygen atoms in total. The summed E-state index contributed by atoms with van der Waals surface area (Å²) >= 11 is 0. The molecule has 1 amide bonds. The van der Waals surface area contributed by atoms with Crippen molar-refractivity contribution in [3.8, 4) is 5.88 Å². The van der Waals surface area contributed by atoms with Gasteiger partial charge in [-0.3, -0.25) is 9.48 Å². The number of hydrogen-bond acceptors (Lipinski definition) is 6. The van der Waals surface area contributed by atoms with Crippen molar-refractivity contribution in [1.29, 1.82) is 0 Å². The third kappa shape index (κ3) is 3.40. The second kappa shape index (κ2) is 7.29. The van der Waals surface area contributed by atoms with Crippen molar-refractivity contribution in [2.45, 2.75) is 25.7 Å². The van der Waals surface area contributed by atoms with E-state index in [1.165, 1.54) is 11.0 Å². The fraction of sp³-hybridized carbons (Fsp3) is 0.333. The zero-order chi connectivity index (χ0) is 19.7. The highest BCUT2D eigenvalue weighted by Gasteiger charge is 2.37. The minimum Gasteiger partial charge on any atom is -0.469 e. The van der Waals surface area contributed by atoms with Crippen LogP contribution < -0.4 is 10.1 Å². The summed E-state index contributed by atoms with van der Waals surface area (Å²) in [6.45, 7) is 6.27. The molecule has 1 aliphatic heterocycles. The molecule has 4 heterocycles. The van der Waals surface area contributed by atoms with Gasteiger partial charge in [0.25, 0.3) is 0 Å². The van der Waals surface area contributed by atoms with Gasteiger partial charge >= 0.3 is 0 Å². The Morgan fingerprint density at radius 1 is 1.50 bits per heavy atom. The molecule has 0 unspecified atom stereocenters. The molecule has 0 spiro atoms. The second-order valence-corrected chi connectivity index (χ2v) is 6.42. The van der Waals surface area contributed by atoms with E-state index in [9.17, 15) is 9.18 Å². The van der Waals surface area contributed by atoms with Gasteiger partial charge in [0, 0.05) is 18.9 Å². The normalized spacial score (nSPS) is 19.1. The van der Waals surface area contributed by atoms with Crippen LogP contribution in [0, 0.1) is 0 Å². The Labute approximate surface area is 160 Å². The van der Waals surface area contributed by atoms with Gasteiger partial charge < -0.3 is 19.9 Å². The van der Waals surface area contributed by atoms with E-state index in [4.69, 9.17) is 4.74 Å². The van der Waals surface area contributed by atoms with Crippen LogP contribution in [0.4, 0.5) is 16.0 Å². The van der Waals surface area contributed by atoms with Crippen molar-refractivity contribution in [3.63, 3.8) is 0 Å². The average molecular weight is 385 g/mol. The summed E-state index contributed by atoms with van der Waals surface area (Å²) in [5, 5.41) is 7.91. The molecule has 28 heavy (non-hydrogen) atoms. The van der Waals surface area contributed by atoms with Crippen molar-refractivity contribution in [2.75, 3.05) is 18.4 Å². The lowest BCUT2D eigenvalue weighted by Gasteiger charge is -2.16. The minimum atomic E-state index is -1.31. The zero-order valence-electron chi connectivity index (χ0n) is 15.3. The first-order valence-electron chi connectivity index (χ1n) is 8.94. The average Bonchev–Trinajstić information content (AvgIpc) is 3.42. The highest BCUT2D eigenvalue weighted by molar-refractivity contribution is 5.87. The van der Waals surface area contributed by atoms with Crippen LogP contribution in [-0.2, 0) is 11.3 Å². The first-order valence-corrected chi connectivity index (χ1v) is 8.94. The van der Waals surface area contributed by atoms with Crippen LogP contribution in [0.15, 0.2) is 37.3 Å². The molecule has 0 aliphatic carbocycles. The molecule has 0 radical (unpaired) electrons. The number of likely N-dealkylation sites (tertiary alicyclic amines) is 1. The number of aryl methyl sites for hydroxylation is 1. The second-order valence-electron chi connectivity index (χ2n) is 6.42. The monoisotopic (exact) mass is 385 g/mol. The fourth-order valence-corrected chi connectivity index (χ4v) is 3.09. The number of nitrogens with zero attached hydrogens (tertiary/aromatic N) is 5. The van der Waals surface area contributed by atoms with Crippen molar-refractivity contribution < 1.29 is 13.9 Å². The lowest BCUT2D eigenvalue weighted by molar-refractivity contribution is -0.125. The van der Waals surface area contributed by atoms with E-state index < -0.39 is 12.3 Å². The van der Waals surface area contributed by atoms with Gasteiger partial charge in [0.05, 0.1) is 30.4 Å². The molecular formula is C18H20FN7O2. The fourth-order valence-electron chi connectivity index (χ4n) is 3.09. The molecule has 3 aromatic rings. The molecular weight excluding hydrogens is 365 g/mol. The number of aromatic nitrogens is 5. The van der Waals surface area contributed by atoms with Crippen molar-refractivity contribution in [2.24, 2.45) is 0 Å². The molecule has 0 bridgehead atoms. The first kappa shape index (κ1) is 18.0. The van der Waals surface area contributed by atoms with Crippen LogP contribution in [0.3, 0.4) is 0 Å². The van der Waals surface area contributed by atoms with Crippen LogP contribution in [0.1, 0.15) is 6.92 Å². The SMILES string of the molecule is C=CC(=O)N1C[C@H](Oc2nc(Nc3cnn(CC)c3)nc3[nH]ccc23)[C@@H](F)C1. The Kier molecular flexibility index (Phi) is 4.68. The molecule has 0 aromatic carbocycles. The van der Waals surface area contributed by atoms with E-state index in [1.54, 1.807) is 23.1 Å². The quantitative estimate of drug-likeness (QED) is 0.630. The number of anilines is 2. The van der Waals surface area contributed by atoms with Gasteiger partial charge in [-0.1, -0.05) is 6.58 Å². The molecule has 0 saturated carbocycles. The smallest absolute Gasteiger partial charge is 0.246 e. The van der Waals surface area contributed by atoms with E-state index in [1.807, 2.05) is 13.1 Å². The van der Waals surface area contributed by atoms with Crippen LogP contribution in [-0.4, -0.2) is 60.9 Å². The highest BCUT2D eigenvalue weighted by Crippen LogP contribution is 2.28. The standard InChI is InChI=1S/C18H20FN7O2/c1-3-15(27)25-9-13(19)14(10-25)28-17-12-5-6-20-16(12)23-18(24-17)22-11-7-21-26(4-2)8-11/h3,5-8,13-14H,1,4,9-10H2,2H3,(H2,20,22,23,24)/t13-,14-/m0/s1. The predicted octanol–water partition coefficient (Wildman–Crippen LogP) is 2.03. The number of ether oxygens (including phenoxy) is 1. The number of rotatable bonds is 6. The number of aromatic amines is 1. The topological polar surface area (TPSA) is 101 Å². The van der Waals surface area contributed by atoms with Crippen LogP contribution in [0.2, 0.25) is 0 Å². The van der Waals surface area contributed by atoms with Crippen molar-refractivity contribution >= 4 is 28.6 Å². The largest absolute Gasteiger partial charge is 0.469 e. The molecule has 1 saturated heterocycles. The summed E-state index contributed by atoms with van der Waals surface area (Å²) in [6.07, 6.45) is 4.25. The van der Waals surface area contributed by atoms with Gasteiger partial charge in [0.2, 0.25) is 17.7 Å². The third-order valence-electron chi connectivity index (χ3n) is 4.54. The molecule has 1 fully saturated rings. The number of hydrogen-bond donors (Lipinski definition) is 2. The number of carbonyl (C=O) groups excluding carboxylic acids is 1. The maximum Gasteiger partial charge on any atom is 0.246 e. The number of alkyl halides is 1. The lowest BCUT2D eigenvalue weighted by Crippen LogP contribution is -2.30. The van der Waals surface area contributed by atoms with Gasteiger partial charge in [0.15, 0.2) is 12.3 Å². The summed E-state index contributed by atoms with van der Waals surface area (Å²) in [5.74, 6) is 0.226.